The molecule has 2 heterocycles. The van der Waals surface area contributed by atoms with Crippen LogP contribution in [0.4, 0.5) is 0 Å². The molecule has 33 heavy (non-hydrogen) atoms. The first-order valence-corrected chi connectivity index (χ1v) is 10.0. The zero-order valence-corrected chi connectivity index (χ0v) is 18.2. The monoisotopic (exact) mass is 451 g/mol. The van der Waals surface area contributed by atoms with Crippen molar-refractivity contribution in [2.24, 2.45) is 0 Å². The van der Waals surface area contributed by atoms with Gasteiger partial charge in [-0.25, -0.2) is 0 Å². The molecule has 9 nitrogen and oxygen atoms in total. The minimum absolute atomic E-state index is 0.0794. The van der Waals surface area contributed by atoms with E-state index in [1.807, 2.05) is 0 Å². The fourth-order valence-corrected chi connectivity index (χ4v) is 3.31. The number of ketones is 1. The van der Waals surface area contributed by atoms with E-state index in [0.29, 0.717) is 46.4 Å². The number of carbonyl (C=O) groups is 2. The molecular weight excluding hydrogens is 430 g/mol. The number of fused-ring (bicyclic) bond motifs is 1. The average molecular weight is 451 g/mol. The molecule has 0 bridgehead atoms. The van der Waals surface area contributed by atoms with Crippen molar-refractivity contribution in [3.63, 3.8) is 0 Å². The van der Waals surface area contributed by atoms with E-state index in [0.717, 1.165) is 0 Å². The maximum Gasteiger partial charge on any atom is 0.311 e. The number of Topliss-reactive ketones (excluding diaryl/α,β-unsaturated/α-hetero) is 1. The van der Waals surface area contributed by atoms with Crippen molar-refractivity contribution < 1.29 is 37.8 Å². The summed E-state index contributed by atoms with van der Waals surface area (Å²) in [5, 5.41) is 3.68. The van der Waals surface area contributed by atoms with E-state index in [2.05, 4.69) is 5.16 Å². The van der Waals surface area contributed by atoms with Crippen molar-refractivity contribution in [3.05, 3.63) is 65.1 Å². The molecule has 0 saturated carbocycles. The predicted octanol–water partition coefficient (Wildman–Crippen LogP) is 3.85. The molecular formula is C24H21NO8. The lowest BCUT2D eigenvalue weighted by Crippen LogP contribution is -2.08. The van der Waals surface area contributed by atoms with Gasteiger partial charge in [-0.05, 0) is 29.4 Å². The summed E-state index contributed by atoms with van der Waals surface area (Å²) in [6.45, 7) is 0. The number of benzene rings is 2. The summed E-state index contributed by atoms with van der Waals surface area (Å²) in [5.74, 6) is 1.81. The summed E-state index contributed by atoms with van der Waals surface area (Å²) in [6.07, 6.45) is 1.97. The summed E-state index contributed by atoms with van der Waals surface area (Å²) in [5.41, 5.74) is 1.00. The van der Waals surface area contributed by atoms with Crippen molar-refractivity contribution in [1.82, 2.24) is 5.16 Å². The van der Waals surface area contributed by atoms with Gasteiger partial charge in [-0.2, -0.15) is 0 Å². The Kier molecular flexibility index (Phi) is 6.30. The SMILES string of the molecule is COc1cc(CCC(=O)Oc2ccc3c(c2)O/C(=C\c2cccc(OC)c2OC)C3=O)on1. The van der Waals surface area contributed by atoms with Crippen LogP contribution in [0.3, 0.4) is 0 Å². The molecule has 1 aliphatic rings. The Hall–Kier alpha value is -4.27. The second-order valence-electron chi connectivity index (χ2n) is 6.99. The maximum atomic E-state index is 12.8. The Morgan fingerprint density at radius 1 is 1.06 bits per heavy atom. The number of allylic oxidation sites excluding steroid dienone is 1. The second kappa shape index (κ2) is 9.47. The molecule has 0 aliphatic carbocycles. The summed E-state index contributed by atoms with van der Waals surface area (Å²) in [4.78, 5) is 25.0. The van der Waals surface area contributed by atoms with Crippen molar-refractivity contribution in [2.45, 2.75) is 12.8 Å². The molecule has 0 amide bonds. The molecule has 4 rings (SSSR count). The topological polar surface area (TPSA) is 106 Å². The van der Waals surface area contributed by atoms with Crippen molar-refractivity contribution >= 4 is 17.8 Å². The third-order valence-electron chi connectivity index (χ3n) is 4.92. The van der Waals surface area contributed by atoms with Crippen LogP contribution in [-0.2, 0) is 11.2 Å². The number of nitrogens with zero attached hydrogens (tertiary/aromatic N) is 1. The van der Waals surface area contributed by atoms with Gasteiger partial charge in [0, 0.05) is 24.1 Å². The minimum atomic E-state index is -0.466. The molecule has 1 aliphatic heterocycles. The summed E-state index contributed by atoms with van der Waals surface area (Å²) < 4.78 is 31.8. The number of rotatable bonds is 8. The molecule has 0 atom stereocenters. The van der Waals surface area contributed by atoms with E-state index >= 15 is 0 Å². The van der Waals surface area contributed by atoms with E-state index < -0.39 is 5.97 Å². The number of aromatic nitrogens is 1. The number of hydrogen-bond acceptors (Lipinski definition) is 9. The van der Waals surface area contributed by atoms with Crippen LogP contribution in [0.1, 0.15) is 28.1 Å². The van der Waals surface area contributed by atoms with Gasteiger partial charge in [0.05, 0.1) is 33.3 Å². The van der Waals surface area contributed by atoms with Gasteiger partial charge >= 0.3 is 5.97 Å². The number of hydrogen-bond donors (Lipinski definition) is 0. The molecule has 3 aromatic rings. The molecule has 0 N–H and O–H groups in total. The Balaban J connectivity index is 1.45. The zero-order chi connectivity index (χ0) is 23.4. The van der Waals surface area contributed by atoms with Gasteiger partial charge in [-0.1, -0.05) is 12.1 Å². The van der Waals surface area contributed by atoms with Crippen molar-refractivity contribution in [3.8, 4) is 28.9 Å². The smallest absolute Gasteiger partial charge is 0.311 e. The molecule has 0 saturated heterocycles. The first-order chi connectivity index (χ1) is 16.0. The normalized spacial score (nSPS) is 13.4. The Morgan fingerprint density at radius 2 is 1.91 bits per heavy atom. The highest BCUT2D eigenvalue weighted by atomic mass is 16.5. The first kappa shape index (κ1) is 21.9. The fourth-order valence-electron chi connectivity index (χ4n) is 3.31. The maximum absolute atomic E-state index is 12.8. The average Bonchev–Trinajstić information content (AvgIpc) is 3.41. The van der Waals surface area contributed by atoms with Crippen LogP contribution in [0.5, 0.6) is 28.9 Å². The van der Waals surface area contributed by atoms with Crippen LogP contribution in [0.15, 0.2) is 52.7 Å². The highest BCUT2D eigenvalue weighted by molar-refractivity contribution is 6.14. The molecule has 0 fully saturated rings. The van der Waals surface area contributed by atoms with Crippen LogP contribution in [0.25, 0.3) is 6.08 Å². The summed E-state index contributed by atoms with van der Waals surface area (Å²) in [7, 11) is 4.53. The van der Waals surface area contributed by atoms with Gasteiger partial charge < -0.3 is 28.2 Å². The molecule has 0 spiro atoms. The van der Waals surface area contributed by atoms with Gasteiger partial charge in [0.1, 0.15) is 17.3 Å². The zero-order valence-electron chi connectivity index (χ0n) is 18.2. The molecule has 2 aromatic carbocycles. The van der Waals surface area contributed by atoms with E-state index in [1.54, 1.807) is 42.5 Å². The lowest BCUT2D eigenvalue weighted by atomic mass is 10.1. The van der Waals surface area contributed by atoms with E-state index in [1.165, 1.54) is 27.4 Å². The molecule has 9 heteroatoms. The fraction of sp³-hybridized carbons (Fsp3) is 0.208. The van der Waals surface area contributed by atoms with Gasteiger partial charge in [-0.3, -0.25) is 9.59 Å². The highest BCUT2D eigenvalue weighted by Crippen LogP contribution is 2.37. The standard InChI is InChI=1S/C24H21NO8/c1-28-18-6-4-5-14(24(18)30-3)11-20-23(27)17-9-7-15(12-19(17)32-20)31-22(26)10-8-16-13-21(29-2)25-33-16/h4-7,9,11-13H,8,10H2,1-3H3/b20-11-. The third-order valence-corrected chi connectivity index (χ3v) is 4.92. The first-order valence-electron chi connectivity index (χ1n) is 10.0. The van der Waals surface area contributed by atoms with Crippen LogP contribution in [0.2, 0.25) is 0 Å². The van der Waals surface area contributed by atoms with Crippen LogP contribution >= 0.6 is 0 Å². The molecule has 1 aromatic heterocycles. The van der Waals surface area contributed by atoms with Crippen LogP contribution in [0, 0.1) is 0 Å². The lowest BCUT2D eigenvalue weighted by Gasteiger charge is -2.10. The van der Waals surface area contributed by atoms with Gasteiger partial charge in [0.25, 0.3) is 5.88 Å². The predicted molar refractivity (Wildman–Crippen MR) is 116 cm³/mol. The minimum Gasteiger partial charge on any atom is -0.493 e. The van der Waals surface area contributed by atoms with E-state index in [9.17, 15) is 9.59 Å². The quantitative estimate of drug-likeness (QED) is 0.287. The number of aryl methyl sites for hydroxylation is 1. The van der Waals surface area contributed by atoms with Crippen molar-refractivity contribution in [1.29, 1.82) is 0 Å². The largest absolute Gasteiger partial charge is 0.493 e. The van der Waals surface area contributed by atoms with Crippen LogP contribution < -0.4 is 23.7 Å². The van der Waals surface area contributed by atoms with E-state index in [4.69, 9.17) is 28.2 Å². The number of para-hydroxylation sites is 1. The summed E-state index contributed by atoms with van der Waals surface area (Å²) in [6, 6.07) is 11.5. The molecule has 0 radical (unpaired) electrons. The molecule has 0 unspecified atom stereocenters. The second-order valence-corrected chi connectivity index (χ2v) is 6.99. The number of carbonyl (C=O) groups excluding carboxylic acids is 2. The molecule has 170 valence electrons. The Morgan fingerprint density at radius 3 is 2.64 bits per heavy atom. The Labute approximate surface area is 189 Å². The van der Waals surface area contributed by atoms with Gasteiger partial charge in [0.15, 0.2) is 17.3 Å². The van der Waals surface area contributed by atoms with Crippen molar-refractivity contribution in [2.75, 3.05) is 21.3 Å². The number of methoxy groups -OCH3 is 3. The van der Waals surface area contributed by atoms with Gasteiger partial charge in [0.2, 0.25) is 5.78 Å². The number of esters is 1. The van der Waals surface area contributed by atoms with Crippen LogP contribution in [-0.4, -0.2) is 38.2 Å². The van der Waals surface area contributed by atoms with Gasteiger partial charge in [-0.15, -0.1) is 0 Å². The summed E-state index contributed by atoms with van der Waals surface area (Å²) >= 11 is 0. The number of ether oxygens (including phenoxy) is 5. The Bertz CT molecular complexity index is 1230. The lowest BCUT2D eigenvalue weighted by molar-refractivity contribution is -0.134. The van der Waals surface area contributed by atoms with E-state index in [-0.39, 0.29) is 23.7 Å². The highest BCUT2D eigenvalue weighted by Gasteiger charge is 2.28. The third kappa shape index (κ3) is 4.67.